The van der Waals surface area contributed by atoms with Gasteiger partial charge in [-0.1, -0.05) is 27.5 Å². The van der Waals surface area contributed by atoms with Gasteiger partial charge in [0.2, 0.25) is 5.91 Å². The molecule has 1 heterocycles. The predicted molar refractivity (Wildman–Crippen MR) is 56.3 cm³/mol. The number of pyridine rings is 1. The van der Waals surface area contributed by atoms with Crippen LogP contribution in [0.3, 0.4) is 0 Å². The van der Waals surface area contributed by atoms with Crippen LogP contribution in [0.2, 0.25) is 5.02 Å². The molecule has 1 N–H and O–H groups in total. The average Bonchev–Trinajstić information content (AvgIpc) is 2.09. The highest BCUT2D eigenvalue weighted by Gasteiger charge is 2.03. The third-order valence-corrected chi connectivity index (χ3v) is 2.09. The maximum Gasteiger partial charge on any atom is 0.225 e. The summed E-state index contributed by atoms with van der Waals surface area (Å²) >= 11 is 8.97. The van der Waals surface area contributed by atoms with Crippen molar-refractivity contribution in [3.8, 4) is 0 Å². The van der Waals surface area contributed by atoms with Crippen LogP contribution in [0, 0.1) is 0 Å². The van der Waals surface area contributed by atoms with Crippen molar-refractivity contribution in [3.63, 3.8) is 0 Å². The molecular formula is C8H8BrClN2O. The van der Waals surface area contributed by atoms with Gasteiger partial charge in [-0.15, -0.1) is 0 Å². The van der Waals surface area contributed by atoms with Crippen LogP contribution < -0.4 is 5.32 Å². The first-order valence-corrected chi connectivity index (χ1v) is 5.19. The number of nitrogens with zero attached hydrogens (tertiary/aromatic N) is 1. The number of rotatable bonds is 3. The van der Waals surface area contributed by atoms with Crippen LogP contribution in [-0.2, 0) is 4.79 Å². The van der Waals surface area contributed by atoms with Crippen molar-refractivity contribution in [2.24, 2.45) is 0 Å². The number of carbonyl (C=O) groups is 1. The standard InChI is InChI=1S/C8H8BrClN2O/c9-3-1-8(13)12-7-5-11-4-2-6(7)10/h2,4-5H,1,3H2,(H,12,13). The Labute approximate surface area is 89.6 Å². The summed E-state index contributed by atoms with van der Waals surface area (Å²) in [6.45, 7) is 0. The second kappa shape index (κ2) is 5.19. The molecule has 5 heteroatoms. The molecule has 0 bridgehead atoms. The Bertz CT molecular complexity index is 306. The number of alkyl halides is 1. The molecule has 0 saturated carbocycles. The highest BCUT2D eigenvalue weighted by molar-refractivity contribution is 9.09. The molecule has 13 heavy (non-hydrogen) atoms. The van der Waals surface area contributed by atoms with E-state index in [1.165, 1.54) is 6.20 Å². The van der Waals surface area contributed by atoms with Gasteiger partial charge in [-0.05, 0) is 6.07 Å². The normalized spacial score (nSPS) is 9.69. The summed E-state index contributed by atoms with van der Waals surface area (Å²) in [4.78, 5) is 15.0. The topological polar surface area (TPSA) is 42.0 Å². The van der Waals surface area contributed by atoms with E-state index in [1.807, 2.05) is 0 Å². The minimum atomic E-state index is -0.0771. The molecule has 0 radical (unpaired) electrons. The molecule has 70 valence electrons. The van der Waals surface area contributed by atoms with Crippen LogP contribution >= 0.6 is 27.5 Å². The molecule has 0 aromatic carbocycles. The van der Waals surface area contributed by atoms with E-state index < -0.39 is 0 Å². The lowest BCUT2D eigenvalue weighted by Gasteiger charge is -2.04. The van der Waals surface area contributed by atoms with Crippen molar-refractivity contribution in [2.45, 2.75) is 6.42 Å². The lowest BCUT2D eigenvalue weighted by atomic mass is 10.4. The first-order chi connectivity index (χ1) is 6.24. The summed E-state index contributed by atoms with van der Waals surface area (Å²) in [5.74, 6) is -0.0771. The maximum absolute atomic E-state index is 11.1. The monoisotopic (exact) mass is 262 g/mol. The molecule has 1 amide bonds. The number of carbonyl (C=O) groups excluding carboxylic acids is 1. The van der Waals surface area contributed by atoms with Gasteiger partial charge in [-0.2, -0.15) is 0 Å². The lowest BCUT2D eigenvalue weighted by Crippen LogP contribution is -2.11. The Hall–Kier alpha value is -0.610. The van der Waals surface area contributed by atoms with Gasteiger partial charge in [0, 0.05) is 17.9 Å². The van der Waals surface area contributed by atoms with Crippen LogP contribution in [0.15, 0.2) is 18.5 Å². The average molecular weight is 264 g/mol. The summed E-state index contributed by atoms with van der Waals surface area (Å²) in [5, 5.41) is 3.78. The molecule has 0 spiro atoms. The largest absolute Gasteiger partial charge is 0.323 e. The summed E-state index contributed by atoms with van der Waals surface area (Å²) in [6.07, 6.45) is 3.52. The third-order valence-electron chi connectivity index (χ3n) is 1.36. The molecule has 3 nitrogen and oxygen atoms in total. The second-order valence-electron chi connectivity index (χ2n) is 2.34. The number of nitrogens with one attached hydrogen (secondary N) is 1. The smallest absolute Gasteiger partial charge is 0.225 e. The summed E-state index contributed by atoms with van der Waals surface area (Å²) in [7, 11) is 0. The zero-order valence-corrected chi connectivity index (χ0v) is 9.10. The molecule has 0 atom stereocenters. The molecule has 0 unspecified atom stereocenters. The van der Waals surface area contributed by atoms with Crippen molar-refractivity contribution in [1.82, 2.24) is 4.98 Å². The number of aromatic nitrogens is 1. The van der Waals surface area contributed by atoms with Gasteiger partial charge < -0.3 is 5.32 Å². The van der Waals surface area contributed by atoms with E-state index in [0.717, 1.165) is 0 Å². The third kappa shape index (κ3) is 3.32. The molecule has 0 saturated heterocycles. The number of amides is 1. The van der Waals surface area contributed by atoms with Crippen LogP contribution in [0.1, 0.15) is 6.42 Å². The Morgan fingerprint density at radius 2 is 2.46 bits per heavy atom. The minimum absolute atomic E-state index is 0.0771. The van der Waals surface area contributed by atoms with E-state index >= 15 is 0 Å². The van der Waals surface area contributed by atoms with Crippen molar-refractivity contribution < 1.29 is 4.79 Å². The maximum atomic E-state index is 11.1. The fourth-order valence-corrected chi connectivity index (χ4v) is 1.28. The first kappa shape index (κ1) is 10.5. The van der Waals surface area contributed by atoms with Gasteiger partial charge in [-0.3, -0.25) is 9.78 Å². The molecule has 0 aliphatic heterocycles. The second-order valence-corrected chi connectivity index (χ2v) is 3.54. The Balaban J connectivity index is 2.63. The van der Waals surface area contributed by atoms with Gasteiger partial charge in [-0.25, -0.2) is 0 Å². The summed E-state index contributed by atoms with van der Waals surface area (Å²) in [5.41, 5.74) is 0.551. The first-order valence-electron chi connectivity index (χ1n) is 3.69. The molecule has 1 rings (SSSR count). The predicted octanol–water partition coefficient (Wildman–Crippen LogP) is 2.46. The van der Waals surface area contributed by atoms with Crippen molar-refractivity contribution >= 4 is 39.1 Å². The molecule has 1 aromatic heterocycles. The van der Waals surface area contributed by atoms with E-state index in [-0.39, 0.29) is 5.91 Å². The van der Waals surface area contributed by atoms with E-state index in [9.17, 15) is 4.79 Å². The fraction of sp³-hybridized carbons (Fsp3) is 0.250. The van der Waals surface area contributed by atoms with Gasteiger partial charge >= 0.3 is 0 Å². The van der Waals surface area contributed by atoms with Crippen LogP contribution in [0.4, 0.5) is 5.69 Å². The molecular weight excluding hydrogens is 255 g/mol. The quantitative estimate of drug-likeness (QED) is 0.851. The highest BCUT2D eigenvalue weighted by Crippen LogP contribution is 2.18. The van der Waals surface area contributed by atoms with Crippen molar-refractivity contribution in [2.75, 3.05) is 10.6 Å². The lowest BCUT2D eigenvalue weighted by molar-refractivity contribution is -0.115. The van der Waals surface area contributed by atoms with Crippen LogP contribution in [0.25, 0.3) is 0 Å². The fourth-order valence-electron chi connectivity index (χ4n) is 0.768. The number of halogens is 2. The Morgan fingerprint density at radius 3 is 3.08 bits per heavy atom. The van der Waals surface area contributed by atoms with Crippen LogP contribution in [0.5, 0.6) is 0 Å². The van der Waals surface area contributed by atoms with Gasteiger partial charge in [0.15, 0.2) is 0 Å². The van der Waals surface area contributed by atoms with E-state index in [1.54, 1.807) is 12.3 Å². The Kier molecular flexibility index (Phi) is 4.18. The highest BCUT2D eigenvalue weighted by atomic mass is 79.9. The van der Waals surface area contributed by atoms with E-state index in [2.05, 4.69) is 26.2 Å². The van der Waals surface area contributed by atoms with E-state index in [4.69, 9.17) is 11.6 Å². The van der Waals surface area contributed by atoms with Gasteiger partial charge in [0.25, 0.3) is 0 Å². The number of hydrogen-bond acceptors (Lipinski definition) is 2. The zero-order chi connectivity index (χ0) is 9.68. The Morgan fingerprint density at radius 1 is 1.69 bits per heavy atom. The molecule has 1 aromatic rings. The zero-order valence-electron chi connectivity index (χ0n) is 6.76. The van der Waals surface area contributed by atoms with Crippen molar-refractivity contribution in [1.29, 1.82) is 0 Å². The van der Waals surface area contributed by atoms with Crippen molar-refractivity contribution in [3.05, 3.63) is 23.5 Å². The van der Waals surface area contributed by atoms with E-state index in [0.29, 0.717) is 22.5 Å². The number of anilines is 1. The minimum Gasteiger partial charge on any atom is -0.323 e. The van der Waals surface area contributed by atoms with Crippen LogP contribution in [-0.4, -0.2) is 16.2 Å². The molecule has 0 fully saturated rings. The summed E-state index contributed by atoms with van der Waals surface area (Å²) in [6, 6.07) is 1.63. The van der Waals surface area contributed by atoms with Gasteiger partial charge in [0.1, 0.15) is 0 Å². The van der Waals surface area contributed by atoms with Gasteiger partial charge in [0.05, 0.1) is 16.9 Å². The number of hydrogen-bond donors (Lipinski definition) is 1. The SMILES string of the molecule is O=C(CCBr)Nc1cnccc1Cl. The molecule has 0 aliphatic rings. The summed E-state index contributed by atoms with van der Waals surface area (Å²) < 4.78 is 0. The molecule has 0 aliphatic carbocycles.